The van der Waals surface area contributed by atoms with Crippen LogP contribution in [-0.4, -0.2) is 45.7 Å². The number of rotatable bonds is 5. The minimum absolute atomic E-state index is 0.560. The number of hydrogen-bond donors (Lipinski definition) is 0. The van der Waals surface area contributed by atoms with Crippen molar-refractivity contribution in [2.24, 2.45) is 59.2 Å². The molecule has 0 aromatic rings. The molecule has 0 amide bonds. The summed E-state index contributed by atoms with van der Waals surface area (Å²) in [6, 6.07) is 2.44. The third kappa shape index (κ3) is 6.28. The molecule has 10 rings (SSSR count). The van der Waals surface area contributed by atoms with Crippen LogP contribution in [0.5, 0.6) is 0 Å². The van der Waals surface area contributed by atoms with Crippen LogP contribution >= 0.6 is 11.8 Å². The zero-order valence-electron chi connectivity index (χ0n) is 31.6. The highest BCUT2D eigenvalue weighted by Crippen LogP contribution is 2.66. The van der Waals surface area contributed by atoms with Gasteiger partial charge in [-0.25, -0.2) is 0 Å². The van der Waals surface area contributed by atoms with Crippen molar-refractivity contribution in [1.29, 1.82) is 0 Å². The minimum Gasteiger partial charge on any atom is -0.372 e. The molecular weight excluding hydrogens is 615 g/mol. The van der Waals surface area contributed by atoms with Gasteiger partial charge in [0.1, 0.15) is 0 Å². The van der Waals surface area contributed by atoms with E-state index in [-0.39, 0.29) is 0 Å². The molecule has 0 N–H and O–H groups in total. The van der Waals surface area contributed by atoms with Gasteiger partial charge in [0, 0.05) is 34.5 Å². The van der Waals surface area contributed by atoms with E-state index in [1.165, 1.54) is 122 Å². The quantitative estimate of drug-likeness (QED) is 0.285. The van der Waals surface area contributed by atoms with Crippen LogP contribution in [0.4, 0.5) is 0 Å². The Morgan fingerprint density at radius 2 is 0.878 bits per heavy atom. The highest BCUT2D eigenvalue weighted by atomic mass is 32.2. The second-order valence-electron chi connectivity index (χ2n) is 20.5. The van der Waals surface area contributed by atoms with Crippen molar-refractivity contribution >= 4 is 11.8 Å². The average molecular weight is 690 g/mol. The van der Waals surface area contributed by atoms with Crippen LogP contribution in [-0.2, 0) is 4.74 Å². The van der Waals surface area contributed by atoms with Crippen molar-refractivity contribution in [1.82, 2.24) is 4.90 Å². The van der Waals surface area contributed by atoms with Gasteiger partial charge in [0.05, 0.1) is 12.2 Å². The lowest BCUT2D eigenvalue weighted by atomic mass is 9.54. The molecule has 11 unspecified atom stereocenters. The molecule has 8 saturated carbocycles. The van der Waals surface area contributed by atoms with Crippen LogP contribution in [0.25, 0.3) is 0 Å². The third-order valence-corrected chi connectivity index (χ3v) is 20.4. The molecule has 0 spiro atoms. The predicted molar refractivity (Wildman–Crippen MR) is 206 cm³/mol. The van der Waals surface area contributed by atoms with Gasteiger partial charge in [0.2, 0.25) is 0 Å². The zero-order valence-corrected chi connectivity index (χ0v) is 32.4. The van der Waals surface area contributed by atoms with Gasteiger partial charge >= 0.3 is 0 Å². The SMILES string of the molecule is C1CCC(C2CCC(N(C3CCC(C4CCCCC4)CC3)C3CCCC4C3OC3C4C4CCCCC4C4SC5CCCCC5C34)CC2)CC1. The van der Waals surface area contributed by atoms with Crippen LogP contribution in [0.3, 0.4) is 0 Å². The molecule has 2 saturated heterocycles. The molecule has 49 heavy (non-hydrogen) atoms. The van der Waals surface area contributed by atoms with Crippen LogP contribution in [0.2, 0.25) is 0 Å². The van der Waals surface area contributed by atoms with Crippen molar-refractivity contribution < 1.29 is 4.74 Å². The van der Waals surface area contributed by atoms with Gasteiger partial charge in [-0.05, 0) is 143 Å². The maximum atomic E-state index is 7.93. The van der Waals surface area contributed by atoms with Gasteiger partial charge in [0.15, 0.2) is 0 Å². The molecule has 2 heterocycles. The highest BCUT2D eigenvalue weighted by molar-refractivity contribution is 8.00. The number of fused-ring (bicyclic) bond motifs is 10. The molecule has 276 valence electrons. The molecular formula is C46H75NOS. The van der Waals surface area contributed by atoms with Gasteiger partial charge in [-0.15, -0.1) is 0 Å². The maximum absolute atomic E-state index is 7.93. The number of thioether (sulfide) groups is 1. The van der Waals surface area contributed by atoms with E-state index in [9.17, 15) is 0 Å². The van der Waals surface area contributed by atoms with E-state index >= 15 is 0 Å². The summed E-state index contributed by atoms with van der Waals surface area (Å²) in [5.41, 5.74) is 0. The number of nitrogens with zero attached hydrogens (tertiary/aromatic N) is 1. The predicted octanol–water partition coefficient (Wildman–Crippen LogP) is 12.2. The first-order valence-corrected chi connectivity index (χ1v) is 24.3. The van der Waals surface area contributed by atoms with Crippen molar-refractivity contribution in [3.8, 4) is 0 Å². The molecule has 10 fully saturated rings. The van der Waals surface area contributed by atoms with E-state index in [0.29, 0.717) is 12.2 Å². The van der Waals surface area contributed by atoms with E-state index < -0.39 is 0 Å². The molecule has 8 aliphatic carbocycles. The summed E-state index contributed by atoms with van der Waals surface area (Å²) >= 11 is 2.53. The smallest absolute Gasteiger partial charge is 0.0766 e. The summed E-state index contributed by atoms with van der Waals surface area (Å²) < 4.78 is 7.93. The van der Waals surface area contributed by atoms with Crippen LogP contribution in [0.15, 0.2) is 0 Å². The monoisotopic (exact) mass is 690 g/mol. The standard InChI is InChI=1S/C46H75NOS/c1-3-12-30(13-4-1)32-22-26-34(27-23-32)47(35-28-24-33(25-29-35)31-14-5-2-6-15-31)40-20-11-19-39-42-36-16-7-8-17-37(36)46-43(45(42)48-44(39)40)38-18-9-10-21-41(38)49-46/h30-46H,1-29H2. The lowest BCUT2D eigenvalue weighted by Crippen LogP contribution is -2.58. The Bertz CT molecular complexity index is 1040. The third-order valence-electron chi connectivity index (χ3n) is 18.5. The fourth-order valence-corrected chi connectivity index (χ4v) is 18.8. The van der Waals surface area contributed by atoms with Crippen LogP contribution in [0, 0.1) is 59.2 Å². The van der Waals surface area contributed by atoms with Crippen molar-refractivity contribution in [3.05, 3.63) is 0 Å². The minimum atomic E-state index is 0.560. The number of hydrogen-bond acceptors (Lipinski definition) is 3. The Morgan fingerprint density at radius 3 is 1.51 bits per heavy atom. The zero-order chi connectivity index (χ0) is 32.3. The molecule has 0 bridgehead atoms. The first-order valence-electron chi connectivity index (χ1n) is 23.4. The fraction of sp³-hybridized carbons (Fsp3) is 1.00. The molecule has 2 nitrogen and oxygen atoms in total. The summed E-state index contributed by atoms with van der Waals surface area (Å²) in [6.07, 6.45) is 45.4. The van der Waals surface area contributed by atoms with Crippen molar-refractivity contribution in [3.63, 3.8) is 0 Å². The van der Waals surface area contributed by atoms with E-state index in [2.05, 4.69) is 16.7 Å². The van der Waals surface area contributed by atoms with Gasteiger partial charge in [0.25, 0.3) is 0 Å². The first-order chi connectivity index (χ1) is 24.3. The summed E-state index contributed by atoms with van der Waals surface area (Å²) in [5.74, 6) is 9.93. The highest BCUT2D eigenvalue weighted by Gasteiger charge is 2.65. The Kier molecular flexibility index (Phi) is 10.2. The second kappa shape index (κ2) is 14.8. The Labute approximate surface area is 306 Å². The summed E-state index contributed by atoms with van der Waals surface area (Å²) in [4.78, 5) is 3.35. The van der Waals surface area contributed by atoms with Gasteiger partial charge in [-0.3, -0.25) is 4.90 Å². The Hall–Kier alpha value is 0.270. The second-order valence-corrected chi connectivity index (χ2v) is 21.9. The Balaban J connectivity index is 0.920. The average Bonchev–Trinajstić information content (AvgIpc) is 3.76. The summed E-state index contributed by atoms with van der Waals surface area (Å²) in [7, 11) is 0. The molecule has 3 heteroatoms. The Morgan fingerprint density at radius 1 is 0.367 bits per heavy atom. The lowest BCUT2D eigenvalue weighted by Gasteiger charge is -2.53. The molecule has 0 aromatic heterocycles. The van der Waals surface area contributed by atoms with Crippen molar-refractivity contribution in [2.45, 2.75) is 227 Å². The molecule has 0 aromatic carbocycles. The van der Waals surface area contributed by atoms with E-state index in [1.807, 2.05) is 0 Å². The molecule has 2 aliphatic heterocycles. The topological polar surface area (TPSA) is 12.5 Å². The van der Waals surface area contributed by atoms with Gasteiger partial charge in [-0.2, -0.15) is 11.8 Å². The van der Waals surface area contributed by atoms with E-state index in [1.54, 1.807) is 64.2 Å². The summed E-state index contributed by atoms with van der Waals surface area (Å²) in [6.45, 7) is 0. The largest absolute Gasteiger partial charge is 0.372 e. The van der Waals surface area contributed by atoms with E-state index in [4.69, 9.17) is 4.74 Å². The van der Waals surface area contributed by atoms with Gasteiger partial charge in [-0.1, -0.05) is 96.3 Å². The van der Waals surface area contributed by atoms with Crippen molar-refractivity contribution in [2.75, 3.05) is 0 Å². The lowest BCUT2D eigenvalue weighted by molar-refractivity contribution is -0.106. The number of ether oxygens (including phenoxy) is 1. The molecule has 0 radical (unpaired) electrons. The molecule has 10 aliphatic rings. The fourth-order valence-electron chi connectivity index (χ4n) is 16.5. The maximum Gasteiger partial charge on any atom is 0.0766 e. The van der Waals surface area contributed by atoms with E-state index in [0.717, 1.165) is 87.8 Å². The van der Waals surface area contributed by atoms with Gasteiger partial charge < -0.3 is 4.74 Å². The summed E-state index contributed by atoms with van der Waals surface area (Å²) in [5, 5.41) is 1.92. The van der Waals surface area contributed by atoms with Crippen LogP contribution in [0.1, 0.15) is 186 Å². The first kappa shape index (κ1) is 33.8. The normalized spacial score (nSPS) is 51.0. The van der Waals surface area contributed by atoms with Crippen LogP contribution < -0.4 is 0 Å². The molecule has 11 atom stereocenters.